The molecule has 0 aliphatic carbocycles. The highest BCUT2D eigenvalue weighted by molar-refractivity contribution is 5.74. The molecule has 1 aliphatic rings. The smallest absolute Gasteiger partial charge is 0.317 e. The van der Waals surface area contributed by atoms with Gasteiger partial charge in [0.1, 0.15) is 12.7 Å². The molecule has 2 rings (SSSR count). The van der Waals surface area contributed by atoms with Crippen molar-refractivity contribution in [3.05, 3.63) is 24.3 Å². The minimum Gasteiger partial charge on any atom is -0.493 e. The Balaban J connectivity index is 1.86. The van der Waals surface area contributed by atoms with Crippen LogP contribution in [0.1, 0.15) is 6.92 Å². The minimum atomic E-state index is -0.133. The van der Waals surface area contributed by atoms with E-state index in [9.17, 15) is 4.79 Å². The number of carbonyl (C=O) groups excluding carboxylic acids is 1. The largest absolute Gasteiger partial charge is 0.493 e. The van der Waals surface area contributed by atoms with Gasteiger partial charge in [-0.25, -0.2) is 4.79 Å². The van der Waals surface area contributed by atoms with E-state index in [0.717, 1.165) is 0 Å². The lowest BCUT2D eigenvalue weighted by molar-refractivity contribution is -0.0354. The van der Waals surface area contributed by atoms with E-state index in [0.29, 0.717) is 44.3 Å². The van der Waals surface area contributed by atoms with E-state index in [1.807, 2.05) is 31.2 Å². The number of benzene rings is 1. The zero-order chi connectivity index (χ0) is 15.1. The second kappa shape index (κ2) is 7.73. The number of nitrogens with one attached hydrogen (secondary N) is 1. The molecular weight excluding hydrogens is 272 g/mol. The molecule has 1 atom stereocenters. The zero-order valence-corrected chi connectivity index (χ0v) is 12.5. The van der Waals surface area contributed by atoms with Crippen LogP contribution in [0, 0.1) is 0 Å². The van der Waals surface area contributed by atoms with Gasteiger partial charge >= 0.3 is 6.03 Å². The monoisotopic (exact) mass is 294 g/mol. The summed E-state index contributed by atoms with van der Waals surface area (Å²) in [6, 6.07) is 7.42. The molecule has 21 heavy (non-hydrogen) atoms. The average Bonchev–Trinajstić information content (AvgIpc) is 2.53. The van der Waals surface area contributed by atoms with Crippen LogP contribution in [0.3, 0.4) is 0 Å². The summed E-state index contributed by atoms with van der Waals surface area (Å²) in [6.07, 6.45) is -0.133. The van der Waals surface area contributed by atoms with Crippen molar-refractivity contribution in [2.24, 2.45) is 0 Å². The van der Waals surface area contributed by atoms with Gasteiger partial charge in [-0.15, -0.1) is 0 Å². The molecule has 1 aromatic rings. The average molecular weight is 294 g/mol. The molecule has 1 fully saturated rings. The summed E-state index contributed by atoms with van der Waals surface area (Å²) >= 11 is 0. The van der Waals surface area contributed by atoms with E-state index in [1.165, 1.54) is 0 Å². The summed E-state index contributed by atoms with van der Waals surface area (Å²) in [4.78, 5) is 13.6. The lowest BCUT2D eigenvalue weighted by Gasteiger charge is -2.32. The molecule has 1 unspecified atom stereocenters. The van der Waals surface area contributed by atoms with Gasteiger partial charge in [0.25, 0.3) is 0 Å². The summed E-state index contributed by atoms with van der Waals surface area (Å²) in [5.41, 5.74) is 0. The summed E-state index contributed by atoms with van der Waals surface area (Å²) < 4.78 is 16.6. The lowest BCUT2D eigenvalue weighted by atomic mass is 10.3. The van der Waals surface area contributed by atoms with Gasteiger partial charge in [-0.2, -0.15) is 0 Å². The third-order valence-electron chi connectivity index (χ3n) is 3.25. The van der Waals surface area contributed by atoms with Gasteiger partial charge in [0.05, 0.1) is 20.3 Å². The van der Waals surface area contributed by atoms with Crippen molar-refractivity contribution >= 4 is 6.03 Å². The van der Waals surface area contributed by atoms with E-state index in [1.54, 1.807) is 12.0 Å². The SMILES string of the molecule is CCNC(=O)N1CCOC(COc2ccccc2OC)C1. The van der Waals surface area contributed by atoms with E-state index in [4.69, 9.17) is 14.2 Å². The minimum absolute atomic E-state index is 0.0527. The number of hydrogen-bond acceptors (Lipinski definition) is 4. The van der Waals surface area contributed by atoms with Crippen LogP contribution >= 0.6 is 0 Å². The van der Waals surface area contributed by atoms with Crippen molar-refractivity contribution in [1.82, 2.24) is 10.2 Å². The number of para-hydroxylation sites is 2. The fourth-order valence-corrected chi connectivity index (χ4v) is 2.19. The highest BCUT2D eigenvalue weighted by Gasteiger charge is 2.24. The highest BCUT2D eigenvalue weighted by Crippen LogP contribution is 2.26. The van der Waals surface area contributed by atoms with E-state index in [-0.39, 0.29) is 12.1 Å². The molecule has 0 saturated carbocycles. The van der Waals surface area contributed by atoms with Crippen LogP contribution in [0.2, 0.25) is 0 Å². The number of ether oxygens (including phenoxy) is 3. The zero-order valence-electron chi connectivity index (χ0n) is 12.5. The predicted molar refractivity (Wildman–Crippen MR) is 78.9 cm³/mol. The van der Waals surface area contributed by atoms with Gasteiger partial charge in [-0.3, -0.25) is 0 Å². The van der Waals surface area contributed by atoms with Gasteiger partial charge in [0, 0.05) is 13.1 Å². The number of amides is 2. The fourth-order valence-electron chi connectivity index (χ4n) is 2.19. The van der Waals surface area contributed by atoms with Gasteiger partial charge in [0.2, 0.25) is 0 Å². The van der Waals surface area contributed by atoms with Crippen LogP contribution in [-0.2, 0) is 4.74 Å². The number of carbonyl (C=O) groups is 1. The van der Waals surface area contributed by atoms with Gasteiger partial charge in [0.15, 0.2) is 11.5 Å². The maximum atomic E-state index is 11.8. The first kappa shape index (κ1) is 15.4. The van der Waals surface area contributed by atoms with Crippen LogP contribution in [-0.4, -0.2) is 57.0 Å². The molecule has 0 spiro atoms. The van der Waals surface area contributed by atoms with Crippen LogP contribution in [0.15, 0.2) is 24.3 Å². The molecule has 6 nitrogen and oxygen atoms in total. The van der Waals surface area contributed by atoms with Crippen molar-refractivity contribution in [3.8, 4) is 11.5 Å². The standard InChI is InChI=1S/C15H22N2O4/c1-3-16-15(18)17-8-9-20-12(10-17)11-21-14-7-5-4-6-13(14)19-2/h4-7,12H,3,8-11H2,1-2H3,(H,16,18). The Hall–Kier alpha value is -1.95. The van der Waals surface area contributed by atoms with Crippen molar-refractivity contribution in [2.75, 3.05) is 40.0 Å². The molecule has 0 aromatic heterocycles. The molecule has 6 heteroatoms. The summed E-state index contributed by atoms with van der Waals surface area (Å²) in [5.74, 6) is 1.37. The Morgan fingerprint density at radius 2 is 2.19 bits per heavy atom. The van der Waals surface area contributed by atoms with Crippen LogP contribution in [0.5, 0.6) is 11.5 Å². The van der Waals surface area contributed by atoms with Crippen molar-refractivity contribution in [1.29, 1.82) is 0 Å². The molecule has 1 N–H and O–H groups in total. The topological polar surface area (TPSA) is 60.0 Å². The van der Waals surface area contributed by atoms with Crippen LogP contribution < -0.4 is 14.8 Å². The molecule has 2 amide bonds. The van der Waals surface area contributed by atoms with Gasteiger partial charge < -0.3 is 24.4 Å². The van der Waals surface area contributed by atoms with Crippen molar-refractivity contribution in [2.45, 2.75) is 13.0 Å². The molecule has 0 radical (unpaired) electrons. The first-order valence-electron chi connectivity index (χ1n) is 7.14. The third-order valence-corrected chi connectivity index (χ3v) is 3.25. The fraction of sp³-hybridized carbons (Fsp3) is 0.533. The number of nitrogens with zero attached hydrogens (tertiary/aromatic N) is 1. The predicted octanol–water partition coefficient (Wildman–Crippen LogP) is 1.50. The summed E-state index contributed by atoms with van der Waals surface area (Å²) in [6.45, 7) is 4.57. The molecule has 1 aromatic carbocycles. The molecular formula is C15H22N2O4. The molecule has 1 saturated heterocycles. The Kier molecular flexibility index (Phi) is 5.68. The number of hydrogen-bond donors (Lipinski definition) is 1. The quantitative estimate of drug-likeness (QED) is 0.894. The second-order valence-corrected chi connectivity index (χ2v) is 4.74. The normalized spacial score (nSPS) is 18.2. The Labute approximate surface area is 125 Å². The van der Waals surface area contributed by atoms with E-state index < -0.39 is 0 Å². The summed E-state index contributed by atoms with van der Waals surface area (Å²) in [7, 11) is 1.61. The molecule has 0 bridgehead atoms. The Morgan fingerprint density at radius 3 is 2.90 bits per heavy atom. The first-order valence-corrected chi connectivity index (χ1v) is 7.14. The molecule has 1 heterocycles. The highest BCUT2D eigenvalue weighted by atomic mass is 16.5. The van der Waals surface area contributed by atoms with Gasteiger partial charge in [-0.1, -0.05) is 12.1 Å². The Bertz CT molecular complexity index is 467. The maximum absolute atomic E-state index is 11.8. The number of morpholine rings is 1. The maximum Gasteiger partial charge on any atom is 0.317 e. The second-order valence-electron chi connectivity index (χ2n) is 4.74. The van der Waals surface area contributed by atoms with E-state index >= 15 is 0 Å². The number of urea groups is 1. The van der Waals surface area contributed by atoms with Crippen molar-refractivity contribution in [3.63, 3.8) is 0 Å². The first-order chi connectivity index (χ1) is 10.2. The summed E-state index contributed by atoms with van der Waals surface area (Å²) in [5, 5.41) is 2.80. The Morgan fingerprint density at radius 1 is 1.43 bits per heavy atom. The number of rotatable bonds is 5. The van der Waals surface area contributed by atoms with Gasteiger partial charge in [-0.05, 0) is 19.1 Å². The van der Waals surface area contributed by atoms with E-state index in [2.05, 4.69) is 5.32 Å². The van der Waals surface area contributed by atoms with Crippen LogP contribution in [0.25, 0.3) is 0 Å². The third kappa shape index (κ3) is 4.26. The number of methoxy groups -OCH3 is 1. The lowest BCUT2D eigenvalue weighted by Crippen LogP contribution is -2.51. The molecule has 1 aliphatic heterocycles. The molecule has 116 valence electrons. The van der Waals surface area contributed by atoms with Crippen molar-refractivity contribution < 1.29 is 19.0 Å². The van der Waals surface area contributed by atoms with Crippen LogP contribution in [0.4, 0.5) is 4.79 Å².